The third kappa shape index (κ3) is 3.07. The van der Waals surface area contributed by atoms with Gasteiger partial charge in [-0.3, -0.25) is 4.98 Å². The average molecular weight is 273 g/mol. The molecule has 0 radical (unpaired) electrons. The van der Waals surface area contributed by atoms with Crippen LogP contribution in [0.2, 0.25) is 0 Å². The van der Waals surface area contributed by atoms with E-state index in [1.165, 1.54) is 0 Å². The van der Waals surface area contributed by atoms with E-state index < -0.39 is 5.60 Å². The summed E-state index contributed by atoms with van der Waals surface area (Å²) in [5.74, 6) is 0.342. The van der Waals surface area contributed by atoms with Crippen LogP contribution < -0.4 is 4.74 Å². The van der Waals surface area contributed by atoms with E-state index in [1.54, 1.807) is 19.2 Å². The molecule has 0 unspecified atom stereocenters. The fourth-order valence-corrected chi connectivity index (χ4v) is 1.97. The van der Waals surface area contributed by atoms with Crippen LogP contribution >= 0.6 is 0 Å². The van der Waals surface area contributed by atoms with Crippen molar-refractivity contribution in [1.29, 1.82) is 0 Å². The van der Waals surface area contributed by atoms with E-state index in [4.69, 9.17) is 9.47 Å². The first-order chi connectivity index (χ1) is 9.30. The molecule has 106 valence electrons. The summed E-state index contributed by atoms with van der Waals surface area (Å²) in [5.41, 5.74) is 1.52. The summed E-state index contributed by atoms with van der Waals surface area (Å²) in [4.78, 5) is 16.8. The van der Waals surface area contributed by atoms with Crippen molar-refractivity contribution in [2.45, 2.75) is 33.3 Å². The molecule has 0 bridgehead atoms. The molecular weight excluding hydrogens is 254 g/mol. The van der Waals surface area contributed by atoms with E-state index >= 15 is 0 Å². The Bertz CT molecular complexity index is 657. The molecule has 1 aromatic heterocycles. The van der Waals surface area contributed by atoms with Crippen molar-refractivity contribution >= 4 is 16.9 Å². The summed E-state index contributed by atoms with van der Waals surface area (Å²) in [5, 5.41) is 0.740. The number of aryl methyl sites for hydroxylation is 1. The summed E-state index contributed by atoms with van der Waals surface area (Å²) >= 11 is 0. The number of aromatic nitrogens is 1. The lowest BCUT2D eigenvalue weighted by Gasteiger charge is -2.20. The zero-order valence-electron chi connectivity index (χ0n) is 12.5. The van der Waals surface area contributed by atoms with E-state index in [9.17, 15) is 4.79 Å². The van der Waals surface area contributed by atoms with Gasteiger partial charge in [0.2, 0.25) is 0 Å². The maximum absolute atomic E-state index is 12.3. The lowest BCUT2D eigenvalue weighted by Crippen LogP contribution is -2.24. The van der Waals surface area contributed by atoms with Crippen LogP contribution in [0, 0.1) is 6.92 Å². The summed E-state index contributed by atoms with van der Waals surface area (Å²) in [7, 11) is 1.59. The maximum atomic E-state index is 12.3. The lowest BCUT2D eigenvalue weighted by atomic mass is 10.1. The van der Waals surface area contributed by atoms with Crippen molar-refractivity contribution in [1.82, 2.24) is 4.98 Å². The molecule has 0 N–H and O–H groups in total. The van der Waals surface area contributed by atoms with Crippen LogP contribution in [0.3, 0.4) is 0 Å². The second kappa shape index (κ2) is 5.12. The molecule has 0 aliphatic carbocycles. The number of ether oxygens (including phenoxy) is 2. The van der Waals surface area contributed by atoms with Gasteiger partial charge < -0.3 is 9.47 Å². The minimum Gasteiger partial charge on any atom is -0.497 e. The number of hydrogen-bond donors (Lipinski definition) is 0. The molecule has 0 saturated carbocycles. The molecule has 0 aliphatic heterocycles. The van der Waals surface area contributed by atoms with Gasteiger partial charge in [-0.25, -0.2) is 4.79 Å². The lowest BCUT2D eigenvalue weighted by molar-refractivity contribution is 0.00717. The zero-order valence-corrected chi connectivity index (χ0v) is 12.5. The van der Waals surface area contributed by atoms with Gasteiger partial charge >= 0.3 is 5.97 Å². The molecule has 4 nitrogen and oxygen atoms in total. The highest BCUT2D eigenvalue weighted by molar-refractivity contribution is 6.04. The monoisotopic (exact) mass is 273 g/mol. The molecule has 20 heavy (non-hydrogen) atoms. The molecule has 2 rings (SSSR count). The molecule has 0 fully saturated rings. The molecule has 0 amide bonds. The first-order valence-corrected chi connectivity index (χ1v) is 6.49. The standard InChI is InChI=1S/C16H19NO3/c1-10-8-13(15(18)20-16(2,3)4)12-9-11(19-5)6-7-14(12)17-10/h6-9H,1-5H3. The Kier molecular flexibility index (Phi) is 3.66. The SMILES string of the molecule is COc1ccc2nc(C)cc(C(=O)OC(C)(C)C)c2c1. The normalized spacial score (nSPS) is 11.4. The number of carbonyl (C=O) groups excluding carboxylic acids is 1. The molecule has 4 heteroatoms. The third-order valence-electron chi connectivity index (χ3n) is 2.76. The van der Waals surface area contributed by atoms with Crippen LogP contribution in [0.25, 0.3) is 10.9 Å². The van der Waals surface area contributed by atoms with Gasteiger partial charge in [0.1, 0.15) is 11.4 Å². The van der Waals surface area contributed by atoms with Crippen molar-refractivity contribution < 1.29 is 14.3 Å². The van der Waals surface area contributed by atoms with Crippen LogP contribution in [0.15, 0.2) is 24.3 Å². The van der Waals surface area contributed by atoms with Gasteiger partial charge in [-0.15, -0.1) is 0 Å². The summed E-state index contributed by atoms with van der Waals surface area (Å²) in [6.45, 7) is 7.41. The highest BCUT2D eigenvalue weighted by Gasteiger charge is 2.20. The molecule has 1 aromatic carbocycles. The summed E-state index contributed by atoms with van der Waals surface area (Å²) < 4.78 is 10.7. The minimum absolute atomic E-state index is 0.346. The number of rotatable bonds is 2. The molecule has 0 atom stereocenters. The number of methoxy groups -OCH3 is 1. The quantitative estimate of drug-likeness (QED) is 0.786. The highest BCUT2D eigenvalue weighted by Crippen LogP contribution is 2.25. The summed E-state index contributed by atoms with van der Waals surface area (Å²) in [6.07, 6.45) is 0. The van der Waals surface area contributed by atoms with Gasteiger partial charge in [0.15, 0.2) is 0 Å². The Labute approximate surface area is 118 Å². The van der Waals surface area contributed by atoms with Crippen LogP contribution in [0.1, 0.15) is 36.8 Å². The average Bonchev–Trinajstić information content (AvgIpc) is 2.35. The van der Waals surface area contributed by atoms with Gasteiger partial charge in [0.25, 0.3) is 0 Å². The van der Waals surface area contributed by atoms with Crippen molar-refractivity contribution in [3.05, 3.63) is 35.5 Å². The second-order valence-electron chi connectivity index (χ2n) is 5.70. The van der Waals surface area contributed by atoms with E-state index in [2.05, 4.69) is 4.98 Å². The van der Waals surface area contributed by atoms with E-state index in [1.807, 2.05) is 39.8 Å². The molecule has 0 aliphatic rings. The van der Waals surface area contributed by atoms with Crippen LogP contribution in [-0.4, -0.2) is 23.7 Å². The van der Waals surface area contributed by atoms with Crippen molar-refractivity contribution in [3.8, 4) is 5.75 Å². The Balaban J connectivity index is 2.58. The van der Waals surface area contributed by atoms with Crippen LogP contribution in [0.5, 0.6) is 5.75 Å². The number of nitrogens with zero attached hydrogens (tertiary/aromatic N) is 1. The molecule has 0 spiro atoms. The number of benzene rings is 1. The molecule has 0 saturated heterocycles. The molecule has 2 aromatic rings. The van der Waals surface area contributed by atoms with Crippen molar-refractivity contribution in [2.24, 2.45) is 0 Å². The van der Waals surface area contributed by atoms with Crippen molar-refractivity contribution in [3.63, 3.8) is 0 Å². The van der Waals surface area contributed by atoms with Crippen LogP contribution in [0.4, 0.5) is 0 Å². The van der Waals surface area contributed by atoms with Gasteiger partial charge in [-0.1, -0.05) is 0 Å². The van der Waals surface area contributed by atoms with E-state index in [0.29, 0.717) is 11.3 Å². The first kappa shape index (κ1) is 14.3. The number of esters is 1. The highest BCUT2D eigenvalue weighted by atomic mass is 16.6. The van der Waals surface area contributed by atoms with Gasteiger partial charge in [-0.2, -0.15) is 0 Å². The second-order valence-corrected chi connectivity index (χ2v) is 5.70. The Morgan fingerprint density at radius 3 is 2.50 bits per heavy atom. The maximum Gasteiger partial charge on any atom is 0.339 e. The number of fused-ring (bicyclic) bond motifs is 1. The Hall–Kier alpha value is -2.10. The number of pyridine rings is 1. The predicted molar refractivity (Wildman–Crippen MR) is 78.2 cm³/mol. The largest absolute Gasteiger partial charge is 0.497 e. The number of hydrogen-bond acceptors (Lipinski definition) is 4. The zero-order chi connectivity index (χ0) is 14.9. The van der Waals surface area contributed by atoms with E-state index in [-0.39, 0.29) is 5.97 Å². The van der Waals surface area contributed by atoms with Gasteiger partial charge in [0, 0.05) is 11.1 Å². The van der Waals surface area contributed by atoms with Crippen molar-refractivity contribution in [2.75, 3.05) is 7.11 Å². The third-order valence-corrected chi connectivity index (χ3v) is 2.76. The van der Waals surface area contributed by atoms with Gasteiger partial charge in [-0.05, 0) is 52.0 Å². The summed E-state index contributed by atoms with van der Waals surface area (Å²) in [6, 6.07) is 7.22. The topological polar surface area (TPSA) is 48.4 Å². The molecule has 1 heterocycles. The Morgan fingerprint density at radius 2 is 1.90 bits per heavy atom. The minimum atomic E-state index is -0.528. The van der Waals surface area contributed by atoms with E-state index in [0.717, 1.165) is 16.6 Å². The first-order valence-electron chi connectivity index (χ1n) is 6.49. The fourth-order valence-electron chi connectivity index (χ4n) is 1.97. The van der Waals surface area contributed by atoms with Gasteiger partial charge in [0.05, 0.1) is 18.2 Å². The predicted octanol–water partition coefficient (Wildman–Crippen LogP) is 3.51. The number of carbonyl (C=O) groups is 1. The Morgan fingerprint density at radius 1 is 1.20 bits per heavy atom. The van der Waals surface area contributed by atoms with Crippen LogP contribution in [-0.2, 0) is 4.74 Å². The molecular formula is C16H19NO3. The fraction of sp³-hybridized carbons (Fsp3) is 0.375. The smallest absolute Gasteiger partial charge is 0.339 e.